The summed E-state index contributed by atoms with van der Waals surface area (Å²) in [5.41, 5.74) is 4.17. The van der Waals surface area contributed by atoms with Gasteiger partial charge in [0.05, 0.1) is 17.9 Å². The molecule has 0 atom stereocenters. The summed E-state index contributed by atoms with van der Waals surface area (Å²) in [4.78, 5) is 22.7. The third kappa shape index (κ3) is 4.34. The molecule has 0 aliphatic carbocycles. The van der Waals surface area contributed by atoms with Crippen LogP contribution in [0.15, 0.2) is 58.9 Å². The van der Waals surface area contributed by atoms with E-state index in [0.717, 1.165) is 72.3 Å². The summed E-state index contributed by atoms with van der Waals surface area (Å²) in [6, 6.07) is 16.6. The zero-order valence-electron chi connectivity index (χ0n) is 18.0. The van der Waals surface area contributed by atoms with Gasteiger partial charge in [-0.2, -0.15) is 0 Å². The Hall–Kier alpha value is -3.30. The van der Waals surface area contributed by atoms with Crippen molar-refractivity contribution in [3.05, 3.63) is 64.5 Å². The van der Waals surface area contributed by atoms with Crippen LogP contribution in [-0.4, -0.2) is 40.5 Å². The van der Waals surface area contributed by atoms with E-state index in [-0.39, 0.29) is 0 Å². The number of nitrogens with one attached hydrogen (secondary N) is 2. The minimum Gasteiger partial charge on any atom is -0.356 e. The maximum Gasteiger partial charge on any atom is 0.197 e. The zero-order chi connectivity index (χ0) is 22.0. The summed E-state index contributed by atoms with van der Waals surface area (Å²) in [7, 11) is 0. The van der Waals surface area contributed by atoms with Crippen LogP contribution in [0.3, 0.4) is 0 Å². The van der Waals surface area contributed by atoms with Crippen molar-refractivity contribution in [2.75, 3.05) is 29.9 Å². The van der Waals surface area contributed by atoms with Crippen LogP contribution < -0.4 is 15.5 Å². The van der Waals surface area contributed by atoms with E-state index < -0.39 is 0 Å². The van der Waals surface area contributed by atoms with Crippen LogP contribution in [-0.2, 0) is 13.0 Å². The normalized spacial score (nSPS) is 15.5. The summed E-state index contributed by atoms with van der Waals surface area (Å²) in [6.45, 7) is 3.54. The number of hydrogen-bond acceptors (Lipinski definition) is 9. The van der Waals surface area contributed by atoms with Gasteiger partial charge >= 0.3 is 0 Å². The number of guanidine groups is 1. The molecule has 0 saturated carbocycles. The van der Waals surface area contributed by atoms with E-state index in [1.165, 1.54) is 16.1 Å². The van der Waals surface area contributed by atoms with Gasteiger partial charge in [-0.05, 0) is 18.6 Å². The van der Waals surface area contributed by atoms with Gasteiger partial charge in [0.2, 0.25) is 0 Å². The molecule has 0 saturated heterocycles. The van der Waals surface area contributed by atoms with Gasteiger partial charge in [-0.1, -0.05) is 36.4 Å². The SMILES string of the molecule is c1ccc(-c2nc3c(s2)CN(c2cccc(-c4csc(NC5=NCCCN5)n4)n2)CC3)cc1. The maximum atomic E-state index is 4.95. The molecule has 3 aromatic heterocycles. The van der Waals surface area contributed by atoms with Crippen LogP contribution >= 0.6 is 22.7 Å². The fraction of sp³-hybridized carbons (Fsp3) is 0.250. The first-order chi connectivity index (χ1) is 16.3. The predicted molar refractivity (Wildman–Crippen MR) is 136 cm³/mol. The first-order valence-corrected chi connectivity index (χ1v) is 12.8. The molecule has 2 aliphatic heterocycles. The van der Waals surface area contributed by atoms with Gasteiger partial charge in [0, 0.05) is 41.9 Å². The summed E-state index contributed by atoms with van der Waals surface area (Å²) in [5.74, 6) is 1.78. The highest BCUT2D eigenvalue weighted by Crippen LogP contribution is 2.33. The Morgan fingerprint density at radius 1 is 0.970 bits per heavy atom. The lowest BCUT2D eigenvalue weighted by Crippen LogP contribution is -2.35. The number of nitrogens with zero attached hydrogens (tertiary/aromatic N) is 5. The highest BCUT2D eigenvalue weighted by atomic mass is 32.1. The fourth-order valence-corrected chi connectivity index (χ4v) is 5.84. The van der Waals surface area contributed by atoms with Gasteiger partial charge in [-0.3, -0.25) is 4.99 Å². The van der Waals surface area contributed by atoms with E-state index >= 15 is 0 Å². The van der Waals surface area contributed by atoms with Gasteiger partial charge in [0.15, 0.2) is 11.1 Å². The molecule has 0 unspecified atom stereocenters. The second-order valence-corrected chi connectivity index (χ2v) is 9.92. The van der Waals surface area contributed by atoms with Gasteiger partial charge in [-0.15, -0.1) is 22.7 Å². The lowest BCUT2D eigenvalue weighted by molar-refractivity contribution is 0.719. The maximum absolute atomic E-state index is 4.95. The predicted octanol–water partition coefficient (Wildman–Crippen LogP) is 4.65. The molecule has 2 N–H and O–H groups in total. The molecule has 6 rings (SSSR count). The summed E-state index contributed by atoms with van der Waals surface area (Å²) >= 11 is 3.36. The molecule has 0 bridgehead atoms. The molecule has 5 heterocycles. The third-order valence-electron chi connectivity index (χ3n) is 5.70. The standard InChI is InChI=1S/C24H23N7S2/c1-2-6-16(7-3-1)22-28-18-10-13-31(14-20(18)33-22)21-9-4-8-17(27-21)19-15-32-24(29-19)30-23-25-11-5-12-26-23/h1-4,6-9,15H,5,10-14H2,(H2,25,26,29,30). The highest BCUT2D eigenvalue weighted by Gasteiger charge is 2.22. The van der Waals surface area contributed by atoms with Crippen molar-refractivity contribution in [3.63, 3.8) is 0 Å². The largest absolute Gasteiger partial charge is 0.356 e. The second-order valence-electron chi connectivity index (χ2n) is 7.98. The number of anilines is 2. The Labute approximate surface area is 200 Å². The van der Waals surface area contributed by atoms with Crippen LogP contribution in [0.25, 0.3) is 22.0 Å². The van der Waals surface area contributed by atoms with Crippen molar-refractivity contribution in [3.8, 4) is 22.0 Å². The fourth-order valence-electron chi connectivity index (χ4n) is 4.00. The van der Waals surface area contributed by atoms with Crippen molar-refractivity contribution < 1.29 is 0 Å². The summed E-state index contributed by atoms with van der Waals surface area (Å²) in [5, 5.41) is 10.5. The third-order valence-corrected chi connectivity index (χ3v) is 7.59. The number of rotatable bonds is 4. The molecule has 0 radical (unpaired) electrons. The topological polar surface area (TPSA) is 78.3 Å². The van der Waals surface area contributed by atoms with Crippen LogP contribution in [0.2, 0.25) is 0 Å². The highest BCUT2D eigenvalue weighted by molar-refractivity contribution is 7.15. The van der Waals surface area contributed by atoms with Crippen LogP contribution in [0.1, 0.15) is 17.0 Å². The van der Waals surface area contributed by atoms with Gasteiger partial charge in [0.25, 0.3) is 0 Å². The molecule has 33 heavy (non-hydrogen) atoms. The summed E-state index contributed by atoms with van der Waals surface area (Å²) in [6.07, 6.45) is 2.00. The van der Waals surface area contributed by atoms with Crippen LogP contribution in [0.5, 0.6) is 0 Å². The quantitative estimate of drug-likeness (QED) is 0.449. The van der Waals surface area contributed by atoms with E-state index in [0.29, 0.717) is 0 Å². The molecule has 0 spiro atoms. The van der Waals surface area contributed by atoms with E-state index in [1.807, 2.05) is 17.5 Å². The lowest BCUT2D eigenvalue weighted by Gasteiger charge is -2.27. The Morgan fingerprint density at radius 3 is 2.79 bits per heavy atom. The number of thiazole rings is 2. The Kier molecular flexibility index (Phi) is 5.49. The second kappa shape index (κ2) is 8.92. The molecule has 9 heteroatoms. The number of benzene rings is 1. The molecular weight excluding hydrogens is 450 g/mol. The van der Waals surface area contributed by atoms with E-state index in [9.17, 15) is 0 Å². The number of aliphatic imine (C=N–C) groups is 1. The van der Waals surface area contributed by atoms with E-state index in [1.54, 1.807) is 22.7 Å². The number of aromatic nitrogens is 3. The number of fused-ring (bicyclic) bond motifs is 1. The van der Waals surface area contributed by atoms with Gasteiger partial charge in [-0.25, -0.2) is 15.0 Å². The average Bonchev–Trinajstić information content (AvgIpc) is 3.52. The van der Waals surface area contributed by atoms with Crippen molar-refractivity contribution in [2.45, 2.75) is 19.4 Å². The lowest BCUT2D eigenvalue weighted by atomic mass is 10.1. The average molecular weight is 474 g/mol. The minimum absolute atomic E-state index is 0.799. The molecule has 4 aromatic rings. The molecule has 166 valence electrons. The van der Waals surface area contributed by atoms with Crippen molar-refractivity contribution in [2.24, 2.45) is 4.99 Å². The van der Waals surface area contributed by atoms with E-state index in [4.69, 9.17) is 15.0 Å². The van der Waals surface area contributed by atoms with Gasteiger partial charge < -0.3 is 15.5 Å². The molecule has 2 aliphatic rings. The molecule has 0 amide bonds. The van der Waals surface area contributed by atoms with E-state index in [2.05, 4.69) is 56.9 Å². The first-order valence-electron chi connectivity index (χ1n) is 11.1. The zero-order valence-corrected chi connectivity index (χ0v) is 19.6. The Balaban J connectivity index is 1.20. The molecule has 0 fully saturated rings. The van der Waals surface area contributed by atoms with Crippen LogP contribution in [0, 0.1) is 0 Å². The monoisotopic (exact) mass is 473 g/mol. The van der Waals surface area contributed by atoms with Crippen molar-refractivity contribution in [1.82, 2.24) is 20.3 Å². The smallest absolute Gasteiger partial charge is 0.197 e. The molecular formula is C24H23N7S2. The first kappa shape index (κ1) is 20.3. The van der Waals surface area contributed by atoms with Crippen molar-refractivity contribution >= 4 is 39.6 Å². The summed E-state index contributed by atoms with van der Waals surface area (Å²) < 4.78 is 0. The molecule has 7 nitrogen and oxygen atoms in total. The number of hydrogen-bond donors (Lipinski definition) is 2. The molecule has 1 aromatic carbocycles. The number of pyridine rings is 1. The Bertz CT molecular complexity index is 1300. The minimum atomic E-state index is 0.799. The van der Waals surface area contributed by atoms with Crippen molar-refractivity contribution in [1.29, 1.82) is 0 Å². The Morgan fingerprint density at radius 2 is 1.91 bits per heavy atom. The van der Waals surface area contributed by atoms with Crippen LogP contribution in [0.4, 0.5) is 10.9 Å². The van der Waals surface area contributed by atoms with Gasteiger partial charge in [0.1, 0.15) is 16.5 Å².